The molecule has 0 spiro atoms. The quantitative estimate of drug-likeness (QED) is 0.685. The topological polar surface area (TPSA) is 81.5 Å². The number of carbonyl (C=O) groups excluding carboxylic acids is 1. The lowest BCUT2D eigenvalue weighted by atomic mass is 10.0. The van der Waals surface area contributed by atoms with E-state index < -0.39 is 4.92 Å². The fourth-order valence-corrected chi connectivity index (χ4v) is 4.79. The number of methoxy groups -OCH3 is 1. The second-order valence-electron chi connectivity index (χ2n) is 6.64. The van der Waals surface area contributed by atoms with E-state index in [2.05, 4.69) is 5.32 Å². The van der Waals surface area contributed by atoms with Crippen LogP contribution in [-0.4, -0.2) is 17.9 Å². The molecule has 1 aromatic carbocycles. The Hall–Kier alpha value is -2.11. The Morgan fingerprint density at radius 3 is 2.59 bits per heavy atom. The first-order valence-electron chi connectivity index (χ1n) is 7.73. The van der Waals surface area contributed by atoms with Crippen molar-refractivity contribution in [1.29, 1.82) is 0 Å². The highest BCUT2D eigenvalue weighted by atomic mass is 16.6. The number of nitrogens with one attached hydrogen (secondary N) is 1. The Kier molecular flexibility index (Phi) is 2.89. The minimum Gasteiger partial charge on any atom is -0.496 e. The molecular formula is C16H18N2O4. The van der Waals surface area contributed by atoms with Crippen LogP contribution in [0.5, 0.6) is 5.75 Å². The van der Waals surface area contributed by atoms with E-state index in [4.69, 9.17) is 4.74 Å². The summed E-state index contributed by atoms with van der Waals surface area (Å²) < 4.78 is 5.00. The van der Waals surface area contributed by atoms with Crippen LogP contribution >= 0.6 is 0 Å². The van der Waals surface area contributed by atoms with E-state index in [1.54, 1.807) is 12.1 Å². The number of nitro benzene ring substituents is 1. The van der Waals surface area contributed by atoms with E-state index in [1.807, 2.05) is 0 Å². The van der Waals surface area contributed by atoms with Crippen LogP contribution in [0.1, 0.15) is 19.3 Å². The van der Waals surface area contributed by atoms with E-state index in [-0.39, 0.29) is 23.2 Å². The Bertz CT molecular complexity index is 644. The van der Waals surface area contributed by atoms with Gasteiger partial charge in [0.2, 0.25) is 5.91 Å². The second kappa shape index (κ2) is 4.69. The van der Waals surface area contributed by atoms with Crippen molar-refractivity contribution < 1.29 is 14.5 Å². The summed E-state index contributed by atoms with van der Waals surface area (Å²) in [5.41, 5.74) is 0.134. The number of nitrogens with zero attached hydrogens (tertiary/aromatic N) is 1. The molecule has 6 heteroatoms. The highest BCUT2D eigenvalue weighted by molar-refractivity contribution is 5.97. The standard InChI is InChI=1S/C16H18N2O4/c1-22-10-4-5-11(12(7-10)18(20)21)17-16(19)15-13-8-2-3-9(6-8)14(13)15/h4-5,7-9,13-15H,2-3,6H2,1H3,(H,17,19)/t8-,9-,13+,14+/m0/s1. The minimum absolute atomic E-state index is 0.0557. The molecule has 6 nitrogen and oxygen atoms in total. The van der Waals surface area contributed by atoms with Crippen LogP contribution in [0.4, 0.5) is 11.4 Å². The number of rotatable bonds is 4. The summed E-state index contributed by atoms with van der Waals surface area (Å²) in [7, 11) is 1.46. The molecule has 2 bridgehead atoms. The van der Waals surface area contributed by atoms with Crippen molar-refractivity contribution in [3.05, 3.63) is 28.3 Å². The summed E-state index contributed by atoms with van der Waals surface area (Å²) >= 11 is 0. The average molecular weight is 302 g/mol. The molecule has 3 aliphatic carbocycles. The number of anilines is 1. The van der Waals surface area contributed by atoms with Gasteiger partial charge in [-0.1, -0.05) is 0 Å². The van der Waals surface area contributed by atoms with Gasteiger partial charge in [-0.15, -0.1) is 0 Å². The van der Waals surface area contributed by atoms with Crippen molar-refractivity contribution in [1.82, 2.24) is 0 Å². The Morgan fingerprint density at radius 1 is 1.32 bits per heavy atom. The molecule has 4 atom stereocenters. The SMILES string of the molecule is COc1ccc(NC(=O)C2[C@@H]3[C@H]4CC[C@@H](C4)[C@@H]23)c([N+](=O)[O-])c1. The number of fused-ring (bicyclic) bond motifs is 5. The zero-order valence-corrected chi connectivity index (χ0v) is 12.3. The first-order chi connectivity index (χ1) is 10.6. The van der Waals surface area contributed by atoms with E-state index in [9.17, 15) is 14.9 Å². The van der Waals surface area contributed by atoms with Gasteiger partial charge in [0, 0.05) is 5.92 Å². The van der Waals surface area contributed by atoms with E-state index in [0.29, 0.717) is 29.4 Å². The molecule has 0 aromatic heterocycles. The van der Waals surface area contributed by atoms with Crippen LogP contribution in [0.25, 0.3) is 0 Å². The number of hydrogen-bond donors (Lipinski definition) is 1. The molecule has 3 saturated carbocycles. The van der Waals surface area contributed by atoms with Crippen molar-refractivity contribution in [2.45, 2.75) is 19.3 Å². The van der Waals surface area contributed by atoms with Gasteiger partial charge in [-0.2, -0.15) is 0 Å². The predicted octanol–water partition coefficient (Wildman–Crippen LogP) is 2.83. The minimum atomic E-state index is -0.491. The highest BCUT2D eigenvalue weighted by Gasteiger charge is 2.67. The van der Waals surface area contributed by atoms with Crippen LogP contribution in [-0.2, 0) is 4.79 Å². The van der Waals surface area contributed by atoms with Crippen molar-refractivity contribution >= 4 is 17.3 Å². The largest absolute Gasteiger partial charge is 0.496 e. The van der Waals surface area contributed by atoms with Gasteiger partial charge in [0.05, 0.1) is 18.1 Å². The average Bonchev–Trinajstić information content (AvgIpc) is 2.96. The van der Waals surface area contributed by atoms with Gasteiger partial charge >= 0.3 is 0 Å². The van der Waals surface area contributed by atoms with E-state index >= 15 is 0 Å². The molecule has 1 N–H and O–H groups in total. The van der Waals surface area contributed by atoms with Gasteiger partial charge in [-0.05, 0) is 55.1 Å². The molecule has 4 rings (SSSR count). The molecule has 0 aliphatic heterocycles. The summed E-state index contributed by atoms with van der Waals surface area (Å²) in [4.78, 5) is 23.1. The number of amides is 1. The molecule has 3 fully saturated rings. The molecule has 0 saturated heterocycles. The number of nitro groups is 1. The van der Waals surface area contributed by atoms with Gasteiger partial charge < -0.3 is 10.1 Å². The summed E-state index contributed by atoms with van der Waals surface area (Å²) in [6.07, 6.45) is 3.78. The maximum Gasteiger partial charge on any atom is 0.296 e. The molecule has 22 heavy (non-hydrogen) atoms. The first-order valence-corrected chi connectivity index (χ1v) is 7.73. The smallest absolute Gasteiger partial charge is 0.296 e. The Balaban J connectivity index is 1.52. The summed E-state index contributed by atoms with van der Waals surface area (Å²) in [6.45, 7) is 0. The monoisotopic (exact) mass is 302 g/mol. The predicted molar refractivity (Wildman–Crippen MR) is 79.6 cm³/mol. The van der Waals surface area contributed by atoms with Crippen molar-refractivity contribution in [3.63, 3.8) is 0 Å². The molecular weight excluding hydrogens is 284 g/mol. The lowest BCUT2D eigenvalue weighted by molar-refractivity contribution is -0.384. The maximum atomic E-state index is 12.5. The zero-order chi connectivity index (χ0) is 15.4. The highest BCUT2D eigenvalue weighted by Crippen LogP contribution is 2.69. The summed E-state index contributed by atoms with van der Waals surface area (Å²) in [5, 5.41) is 13.9. The molecule has 3 aliphatic rings. The van der Waals surface area contributed by atoms with Crippen LogP contribution < -0.4 is 10.1 Å². The number of ether oxygens (including phenoxy) is 1. The van der Waals surface area contributed by atoms with Crippen LogP contribution in [0.3, 0.4) is 0 Å². The first kappa shape index (κ1) is 13.5. The van der Waals surface area contributed by atoms with E-state index in [0.717, 1.165) is 0 Å². The molecule has 0 heterocycles. The third-order valence-electron chi connectivity index (χ3n) is 5.70. The number of carbonyl (C=O) groups is 1. The molecule has 1 aromatic rings. The Morgan fingerprint density at radius 2 is 2.00 bits per heavy atom. The Labute approximate surface area is 128 Å². The van der Waals surface area contributed by atoms with Gasteiger partial charge in [0.25, 0.3) is 5.69 Å². The summed E-state index contributed by atoms with van der Waals surface area (Å²) in [5.74, 6) is 2.87. The number of hydrogen-bond acceptors (Lipinski definition) is 4. The second-order valence-corrected chi connectivity index (χ2v) is 6.64. The van der Waals surface area contributed by atoms with Crippen molar-refractivity contribution in [2.75, 3.05) is 12.4 Å². The lowest BCUT2D eigenvalue weighted by Crippen LogP contribution is -2.19. The zero-order valence-electron chi connectivity index (χ0n) is 12.3. The van der Waals surface area contributed by atoms with Gasteiger partial charge in [-0.25, -0.2) is 0 Å². The molecule has 116 valence electrons. The van der Waals surface area contributed by atoms with Gasteiger partial charge in [0.15, 0.2) is 0 Å². The third kappa shape index (κ3) is 1.90. The van der Waals surface area contributed by atoms with Crippen LogP contribution in [0.2, 0.25) is 0 Å². The third-order valence-corrected chi connectivity index (χ3v) is 5.70. The fourth-order valence-electron chi connectivity index (χ4n) is 4.79. The van der Waals surface area contributed by atoms with Crippen LogP contribution in [0, 0.1) is 39.7 Å². The van der Waals surface area contributed by atoms with Crippen LogP contribution in [0.15, 0.2) is 18.2 Å². The molecule has 0 unspecified atom stereocenters. The van der Waals surface area contributed by atoms with Gasteiger partial charge in [-0.3, -0.25) is 14.9 Å². The molecule has 0 radical (unpaired) electrons. The fraction of sp³-hybridized carbons (Fsp3) is 0.562. The normalized spacial score (nSPS) is 34.1. The lowest BCUT2D eigenvalue weighted by Gasteiger charge is -2.10. The maximum absolute atomic E-state index is 12.5. The van der Waals surface area contributed by atoms with Crippen molar-refractivity contribution in [2.24, 2.45) is 29.6 Å². The van der Waals surface area contributed by atoms with Crippen molar-refractivity contribution in [3.8, 4) is 5.75 Å². The number of benzene rings is 1. The molecule has 1 amide bonds. The van der Waals surface area contributed by atoms with E-state index in [1.165, 1.54) is 32.4 Å². The van der Waals surface area contributed by atoms with Gasteiger partial charge in [0.1, 0.15) is 11.4 Å². The summed E-state index contributed by atoms with van der Waals surface area (Å²) in [6, 6.07) is 4.51.